The molecule has 0 aliphatic heterocycles. The highest BCUT2D eigenvalue weighted by Gasteiger charge is 2.05. The highest BCUT2D eigenvalue weighted by molar-refractivity contribution is 5.87. The van der Waals surface area contributed by atoms with Gasteiger partial charge in [0.25, 0.3) is 0 Å². The molecule has 0 aliphatic carbocycles. The number of hydrogen-bond acceptors (Lipinski definition) is 3. The third kappa shape index (κ3) is 3.57. The maximum atomic E-state index is 10.5. The van der Waals surface area contributed by atoms with Crippen LogP contribution in [0.15, 0.2) is 24.3 Å². The van der Waals surface area contributed by atoms with E-state index in [-0.39, 0.29) is 0 Å². The first kappa shape index (κ1) is 11.5. The Kier molecular flexibility index (Phi) is 4.08. The molecule has 2 amide bonds. The molecule has 0 spiro atoms. The van der Waals surface area contributed by atoms with Gasteiger partial charge in [0.15, 0.2) is 0 Å². The van der Waals surface area contributed by atoms with E-state index in [2.05, 4.69) is 5.32 Å². The monoisotopic (exact) mass is 209 g/mol. The highest BCUT2D eigenvalue weighted by Crippen LogP contribution is 2.18. The minimum absolute atomic E-state index is 0.433. The van der Waals surface area contributed by atoms with E-state index in [9.17, 15) is 9.90 Å². The maximum absolute atomic E-state index is 10.5. The van der Waals surface area contributed by atoms with Crippen molar-refractivity contribution >= 4 is 11.7 Å². The third-order valence-corrected chi connectivity index (χ3v) is 2.00. The molecule has 0 radical (unpaired) electrons. The Morgan fingerprint density at radius 2 is 2.00 bits per heavy atom. The number of nitrogens with two attached hydrogens (primary N) is 2. The molecule has 0 bridgehead atoms. The van der Waals surface area contributed by atoms with E-state index in [1.807, 2.05) is 0 Å². The maximum Gasteiger partial charge on any atom is 0.316 e. The van der Waals surface area contributed by atoms with E-state index in [1.54, 1.807) is 24.3 Å². The van der Waals surface area contributed by atoms with E-state index in [0.29, 0.717) is 18.7 Å². The van der Waals surface area contributed by atoms with Gasteiger partial charge in [-0.1, -0.05) is 12.1 Å². The SMILES string of the molecule is NCCC(O)c1ccc(NC(N)=O)cc1. The molecule has 1 aromatic rings. The predicted octanol–water partition coefficient (Wildman–Crippen LogP) is 0.559. The Morgan fingerprint density at radius 3 is 2.47 bits per heavy atom. The van der Waals surface area contributed by atoms with Gasteiger partial charge in [0.1, 0.15) is 0 Å². The topological polar surface area (TPSA) is 101 Å². The summed E-state index contributed by atoms with van der Waals surface area (Å²) in [6, 6.07) is 6.21. The summed E-state index contributed by atoms with van der Waals surface area (Å²) in [5.41, 5.74) is 11.7. The second-order valence-electron chi connectivity index (χ2n) is 3.20. The Bertz CT molecular complexity index is 324. The second-order valence-corrected chi connectivity index (χ2v) is 3.20. The standard InChI is InChI=1S/C10H15N3O2/c11-6-5-9(14)7-1-3-8(4-2-7)13-10(12)15/h1-4,9,14H,5-6,11H2,(H3,12,13,15). The van der Waals surface area contributed by atoms with Crippen LogP contribution in [0.2, 0.25) is 0 Å². The van der Waals surface area contributed by atoms with Crippen LogP contribution in [0.1, 0.15) is 18.1 Å². The van der Waals surface area contributed by atoms with Gasteiger partial charge in [-0.15, -0.1) is 0 Å². The van der Waals surface area contributed by atoms with Crippen molar-refractivity contribution in [3.8, 4) is 0 Å². The molecule has 1 rings (SSSR count). The fourth-order valence-corrected chi connectivity index (χ4v) is 1.26. The molecule has 15 heavy (non-hydrogen) atoms. The van der Waals surface area contributed by atoms with Crippen LogP contribution in [0.4, 0.5) is 10.5 Å². The second kappa shape index (κ2) is 5.33. The van der Waals surface area contributed by atoms with Crippen molar-refractivity contribution in [2.75, 3.05) is 11.9 Å². The number of aliphatic hydroxyl groups excluding tert-OH is 1. The summed E-state index contributed by atoms with van der Waals surface area (Å²) in [6.45, 7) is 0.433. The number of benzene rings is 1. The fourth-order valence-electron chi connectivity index (χ4n) is 1.26. The van der Waals surface area contributed by atoms with Gasteiger partial charge in [-0.2, -0.15) is 0 Å². The lowest BCUT2D eigenvalue weighted by Gasteiger charge is -2.10. The summed E-state index contributed by atoms with van der Waals surface area (Å²) >= 11 is 0. The molecule has 1 atom stereocenters. The molecule has 5 heteroatoms. The van der Waals surface area contributed by atoms with Gasteiger partial charge < -0.3 is 21.9 Å². The van der Waals surface area contributed by atoms with E-state index >= 15 is 0 Å². The summed E-state index contributed by atoms with van der Waals surface area (Å²) < 4.78 is 0. The van der Waals surface area contributed by atoms with Crippen molar-refractivity contribution in [3.05, 3.63) is 29.8 Å². The number of rotatable bonds is 4. The Morgan fingerprint density at radius 1 is 1.40 bits per heavy atom. The predicted molar refractivity (Wildman–Crippen MR) is 58.3 cm³/mol. The zero-order valence-electron chi connectivity index (χ0n) is 8.31. The van der Waals surface area contributed by atoms with Crippen LogP contribution < -0.4 is 16.8 Å². The smallest absolute Gasteiger partial charge is 0.316 e. The largest absolute Gasteiger partial charge is 0.388 e. The van der Waals surface area contributed by atoms with Crippen molar-refractivity contribution < 1.29 is 9.90 Å². The molecule has 5 nitrogen and oxygen atoms in total. The van der Waals surface area contributed by atoms with Gasteiger partial charge in [-0.05, 0) is 30.7 Å². The Balaban J connectivity index is 2.67. The van der Waals surface area contributed by atoms with E-state index in [0.717, 1.165) is 5.56 Å². The summed E-state index contributed by atoms with van der Waals surface area (Å²) in [4.78, 5) is 10.5. The Hall–Kier alpha value is -1.59. The van der Waals surface area contributed by atoms with E-state index < -0.39 is 12.1 Å². The fraction of sp³-hybridized carbons (Fsp3) is 0.300. The number of aliphatic hydroxyl groups is 1. The molecule has 0 aromatic heterocycles. The molecule has 1 unspecified atom stereocenters. The Labute approximate surface area is 88.1 Å². The molecule has 6 N–H and O–H groups in total. The lowest BCUT2D eigenvalue weighted by atomic mass is 10.1. The summed E-state index contributed by atoms with van der Waals surface area (Å²) in [5, 5.41) is 12.0. The van der Waals surface area contributed by atoms with Gasteiger partial charge in [0.2, 0.25) is 0 Å². The van der Waals surface area contributed by atoms with Crippen LogP contribution in [0, 0.1) is 0 Å². The number of amides is 2. The zero-order valence-corrected chi connectivity index (χ0v) is 8.31. The third-order valence-electron chi connectivity index (χ3n) is 2.00. The molecule has 0 saturated heterocycles. The number of anilines is 1. The first-order chi connectivity index (χ1) is 7.13. The molecule has 1 aromatic carbocycles. The average Bonchev–Trinajstić information content (AvgIpc) is 2.18. The van der Waals surface area contributed by atoms with Gasteiger partial charge >= 0.3 is 6.03 Å². The van der Waals surface area contributed by atoms with Crippen molar-refractivity contribution in [2.45, 2.75) is 12.5 Å². The van der Waals surface area contributed by atoms with Crippen LogP contribution in [0.5, 0.6) is 0 Å². The van der Waals surface area contributed by atoms with Gasteiger partial charge in [-0.25, -0.2) is 4.79 Å². The number of primary amides is 1. The van der Waals surface area contributed by atoms with Crippen molar-refractivity contribution in [1.82, 2.24) is 0 Å². The molecule has 0 saturated carbocycles. The van der Waals surface area contributed by atoms with Crippen molar-refractivity contribution in [3.63, 3.8) is 0 Å². The summed E-state index contributed by atoms with van der Waals surface area (Å²) in [7, 11) is 0. The first-order valence-corrected chi connectivity index (χ1v) is 4.68. The first-order valence-electron chi connectivity index (χ1n) is 4.68. The summed E-state index contributed by atoms with van der Waals surface area (Å²) in [6.07, 6.45) is -0.0413. The minimum atomic E-state index is -0.606. The number of carbonyl (C=O) groups is 1. The van der Waals surface area contributed by atoms with Crippen LogP contribution in [0.3, 0.4) is 0 Å². The van der Waals surface area contributed by atoms with Gasteiger partial charge in [-0.3, -0.25) is 0 Å². The zero-order chi connectivity index (χ0) is 11.3. The number of nitrogens with one attached hydrogen (secondary N) is 1. The molecular formula is C10H15N3O2. The van der Waals surface area contributed by atoms with Crippen LogP contribution in [-0.4, -0.2) is 17.7 Å². The highest BCUT2D eigenvalue weighted by atomic mass is 16.3. The lowest BCUT2D eigenvalue weighted by molar-refractivity contribution is 0.170. The summed E-state index contributed by atoms with van der Waals surface area (Å²) in [5.74, 6) is 0. The van der Waals surface area contributed by atoms with Crippen LogP contribution in [0.25, 0.3) is 0 Å². The van der Waals surface area contributed by atoms with Gasteiger partial charge in [0, 0.05) is 5.69 Å². The van der Waals surface area contributed by atoms with Crippen molar-refractivity contribution in [2.24, 2.45) is 11.5 Å². The van der Waals surface area contributed by atoms with Crippen LogP contribution >= 0.6 is 0 Å². The van der Waals surface area contributed by atoms with E-state index in [4.69, 9.17) is 11.5 Å². The number of carbonyl (C=O) groups excluding carboxylic acids is 1. The van der Waals surface area contributed by atoms with E-state index in [1.165, 1.54) is 0 Å². The van der Waals surface area contributed by atoms with Gasteiger partial charge in [0.05, 0.1) is 6.10 Å². The number of urea groups is 1. The average molecular weight is 209 g/mol. The quantitative estimate of drug-likeness (QED) is 0.582. The normalized spacial score (nSPS) is 12.1. The lowest BCUT2D eigenvalue weighted by Crippen LogP contribution is -2.19. The van der Waals surface area contributed by atoms with Crippen molar-refractivity contribution in [1.29, 1.82) is 0 Å². The molecule has 82 valence electrons. The molecule has 0 aliphatic rings. The molecule has 0 heterocycles. The minimum Gasteiger partial charge on any atom is -0.388 e. The van der Waals surface area contributed by atoms with Crippen LogP contribution in [-0.2, 0) is 0 Å². The number of hydrogen-bond donors (Lipinski definition) is 4. The molecule has 0 fully saturated rings. The molecular weight excluding hydrogens is 194 g/mol.